The number of aromatic nitrogens is 1. The van der Waals surface area contributed by atoms with Gasteiger partial charge in [-0.05, 0) is 18.2 Å². The van der Waals surface area contributed by atoms with E-state index in [1.807, 2.05) is 13.1 Å². The first-order valence-corrected chi connectivity index (χ1v) is 5.58. The summed E-state index contributed by atoms with van der Waals surface area (Å²) in [6.45, 7) is 5.12. The number of hydrogen-bond donors (Lipinski definition) is 2. The number of fused-ring (bicyclic) bond motifs is 1. The van der Waals surface area contributed by atoms with E-state index in [1.165, 1.54) is 11.1 Å². The molecule has 0 bridgehead atoms. The number of nitrogens with one attached hydrogen (secondary N) is 1. The third-order valence-electron chi connectivity index (χ3n) is 2.82. The van der Waals surface area contributed by atoms with E-state index in [0.29, 0.717) is 11.8 Å². The first kappa shape index (κ1) is 11.0. The Morgan fingerprint density at radius 3 is 2.75 bits per heavy atom. The van der Waals surface area contributed by atoms with Crippen molar-refractivity contribution in [2.45, 2.75) is 26.4 Å². The number of aromatic hydroxyl groups is 1. The van der Waals surface area contributed by atoms with Crippen molar-refractivity contribution in [1.29, 1.82) is 0 Å². The average molecular weight is 218 g/mol. The summed E-state index contributed by atoms with van der Waals surface area (Å²) in [6.07, 6.45) is 0. The summed E-state index contributed by atoms with van der Waals surface area (Å²) in [5.74, 6) is 0.317. The first-order valence-electron chi connectivity index (χ1n) is 5.58. The number of aryl methyl sites for hydroxylation is 1. The summed E-state index contributed by atoms with van der Waals surface area (Å²) in [5, 5.41) is 14.0. The van der Waals surface area contributed by atoms with E-state index >= 15 is 0 Å². The van der Waals surface area contributed by atoms with Crippen LogP contribution in [0.15, 0.2) is 24.3 Å². The fourth-order valence-corrected chi connectivity index (χ4v) is 1.85. The Morgan fingerprint density at radius 1 is 1.31 bits per heavy atom. The van der Waals surface area contributed by atoms with Gasteiger partial charge in [-0.25, -0.2) is 0 Å². The second-order valence-corrected chi connectivity index (χ2v) is 4.47. The van der Waals surface area contributed by atoms with Crippen molar-refractivity contribution in [3.8, 4) is 5.75 Å². The van der Waals surface area contributed by atoms with Gasteiger partial charge in [-0.15, -0.1) is 0 Å². The Bertz CT molecular complexity index is 500. The number of phenolic OH excluding ortho intramolecular Hbond substituents is 1. The third kappa shape index (κ3) is 2.04. The molecule has 0 aliphatic heterocycles. The summed E-state index contributed by atoms with van der Waals surface area (Å²) in [4.78, 5) is 0. The summed E-state index contributed by atoms with van der Waals surface area (Å²) < 4.78 is 2.12. The van der Waals surface area contributed by atoms with Crippen molar-refractivity contribution in [2.75, 3.05) is 0 Å². The van der Waals surface area contributed by atoms with Crippen molar-refractivity contribution in [3.05, 3.63) is 30.0 Å². The van der Waals surface area contributed by atoms with Crippen LogP contribution < -0.4 is 5.32 Å². The third-order valence-corrected chi connectivity index (χ3v) is 2.82. The van der Waals surface area contributed by atoms with Crippen LogP contribution in [0.25, 0.3) is 10.9 Å². The van der Waals surface area contributed by atoms with Crippen LogP contribution in [0.4, 0.5) is 0 Å². The molecule has 3 nitrogen and oxygen atoms in total. The van der Waals surface area contributed by atoms with Gasteiger partial charge in [0.1, 0.15) is 5.75 Å². The summed E-state index contributed by atoms with van der Waals surface area (Å²) in [5.41, 5.74) is 2.30. The van der Waals surface area contributed by atoms with Crippen molar-refractivity contribution >= 4 is 10.9 Å². The molecule has 0 atom stereocenters. The highest BCUT2D eigenvalue weighted by Crippen LogP contribution is 2.22. The monoisotopic (exact) mass is 218 g/mol. The quantitative estimate of drug-likeness (QED) is 0.830. The van der Waals surface area contributed by atoms with Gasteiger partial charge in [0.05, 0.1) is 5.52 Å². The molecule has 0 amide bonds. The Labute approximate surface area is 95.7 Å². The molecule has 16 heavy (non-hydrogen) atoms. The molecule has 0 aliphatic rings. The van der Waals surface area contributed by atoms with Gasteiger partial charge in [0.2, 0.25) is 0 Å². The highest BCUT2D eigenvalue weighted by Gasteiger charge is 2.06. The largest absolute Gasteiger partial charge is 0.508 e. The summed E-state index contributed by atoms with van der Waals surface area (Å²) in [7, 11) is 2.03. The Hall–Kier alpha value is -1.48. The maximum Gasteiger partial charge on any atom is 0.117 e. The van der Waals surface area contributed by atoms with E-state index in [2.05, 4.69) is 29.8 Å². The van der Waals surface area contributed by atoms with Crippen LogP contribution in [0.3, 0.4) is 0 Å². The smallest absolute Gasteiger partial charge is 0.117 e. The molecule has 0 fully saturated rings. The van der Waals surface area contributed by atoms with Crippen LogP contribution in [-0.4, -0.2) is 15.7 Å². The van der Waals surface area contributed by atoms with E-state index in [1.54, 1.807) is 12.1 Å². The molecule has 3 heteroatoms. The van der Waals surface area contributed by atoms with E-state index in [4.69, 9.17) is 0 Å². The van der Waals surface area contributed by atoms with Gasteiger partial charge >= 0.3 is 0 Å². The van der Waals surface area contributed by atoms with Crippen molar-refractivity contribution in [2.24, 2.45) is 7.05 Å². The maximum absolute atomic E-state index is 9.45. The van der Waals surface area contributed by atoms with Crippen LogP contribution in [-0.2, 0) is 13.6 Å². The average Bonchev–Trinajstić information content (AvgIpc) is 2.53. The van der Waals surface area contributed by atoms with Crippen LogP contribution >= 0.6 is 0 Å². The molecule has 1 aromatic carbocycles. The van der Waals surface area contributed by atoms with Crippen LogP contribution in [0.1, 0.15) is 19.5 Å². The molecule has 0 unspecified atom stereocenters. The van der Waals surface area contributed by atoms with Crippen LogP contribution in [0.2, 0.25) is 0 Å². The van der Waals surface area contributed by atoms with Crippen LogP contribution in [0.5, 0.6) is 5.75 Å². The summed E-state index contributed by atoms with van der Waals surface area (Å²) in [6, 6.07) is 8.11. The topological polar surface area (TPSA) is 37.2 Å². The van der Waals surface area contributed by atoms with Crippen LogP contribution in [0, 0.1) is 0 Å². The Morgan fingerprint density at radius 2 is 2.06 bits per heavy atom. The molecule has 0 aliphatic carbocycles. The zero-order chi connectivity index (χ0) is 11.7. The number of rotatable bonds is 3. The van der Waals surface area contributed by atoms with Gasteiger partial charge in [0.25, 0.3) is 0 Å². The van der Waals surface area contributed by atoms with E-state index in [9.17, 15) is 5.11 Å². The van der Waals surface area contributed by atoms with Gasteiger partial charge in [-0.1, -0.05) is 13.8 Å². The molecule has 0 saturated carbocycles. The molecule has 1 aromatic heterocycles. The molecule has 0 radical (unpaired) electrons. The standard InChI is InChI=1S/C13H18N2O/c1-9(2)14-8-11-6-10-4-5-12(16)7-13(10)15(11)3/h4-7,9,14,16H,8H2,1-3H3. The highest BCUT2D eigenvalue weighted by molar-refractivity contribution is 5.82. The highest BCUT2D eigenvalue weighted by atomic mass is 16.3. The first-order chi connectivity index (χ1) is 7.58. The van der Waals surface area contributed by atoms with Gasteiger partial charge in [0, 0.05) is 36.8 Å². The summed E-state index contributed by atoms with van der Waals surface area (Å²) >= 11 is 0. The number of benzene rings is 1. The van der Waals surface area contributed by atoms with E-state index in [0.717, 1.165) is 12.1 Å². The fourth-order valence-electron chi connectivity index (χ4n) is 1.85. The number of nitrogens with zero attached hydrogens (tertiary/aromatic N) is 1. The second kappa shape index (κ2) is 4.18. The molecular formula is C13H18N2O. The molecule has 2 N–H and O–H groups in total. The second-order valence-electron chi connectivity index (χ2n) is 4.47. The van der Waals surface area contributed by atoms with E-state index in [-0.39, 0.29) is 0 Å². The SMILES string of the molecule is CC(C)NCc1cc2ccc(O)cc2n1C. The molecule has 2 aromatic rings. The zero-order valence-corrected chi connectivity index (χ0v) is 9.99. The van der Waals surface area contributed by atoms with Gasteiger partial charge < -0.3 is 15.0 Å². The predicted molar refractivity (Wildman–Crippen MR) is 66.6 cm³/mol. The lowest BCUT2D eigenvalue weighted by molar-refractivity contribution is 0.476. The van der Waals surface area contributed by atoms with Crippen molar-refractivity contribution in [1.82, 2.24) is 9.88 Å². The lowest BCUT2D eigenvalue weighted by Gasteiger charge is -2.09. The minimum absolute atomic E-state index is 0.317. The molecule has 0 spiro atoms. The molecule has 1 heterocycles. The maximum atomic E-state index is 9.45. The van der Waals surface area contributed by atoms with Gasteiger partial charge in [0.15, 0.2) is 0 Å². The molecular weight excluding hydrogens is 200 g/mol. The lowest BCUT2D eigenvalue weighted by Crippen LogP contribution is -2.22. The predicted octanol–water partition coefficient (Wildman–Crippen LogP) is 2.38. The van der Waals surface area contributed by atoms with Gasteiger partial charge in [-0.2, -0.15) is 0 Å². The fraction of sp³-hybridized carbons (Fsp3) is 0.385. The number of hydrogen-bond acceptors (Lipinski definition) is 2. The Kier molecular flexibility index (Phi) is 2.88. The minimum atomic E-state index is 0.317. The van der Waals surface area contributed by atoms with Gasteiger partial charge in [-0.3, -0.25) is 0 Å². The zero-order valence-electron chi connectivity index (χ0n) is 9.99. The lowest BCUT2D eigenvalue weighted by atomic mass is 10.2. The minimum Gasteiger partial charge on any atom is -0.508 e. The molecule has 2 rings (SSSR count). The molecule has 0 saturated heterocycles. The number of phenols is 1. The molecule has 86 valence electrons. The normalized spacial score (nSPS) is 11.5. The Balaban J connectivity index is 2.36. The van der Waals surface area contributed by atoms with E-state index < -0.39 is 0 Å². The van der Waals surface area contributed by atoms with Crippen molar-refractivity contribution < 1.29 is 5.11 Å². The van der Waals surface area contributed by atoms with Crippen molar-refractivity contribution in [3.63, 3.8) is 0 Å².